The van der Waals surface area contributed by atoms with E-state index in [0.717, 1.165) is 11.4 Å². The summed E-state index contributed by atoms with van der Waals surface area (Å²) in [6, 6.07) is 7.25. The number of rotatable bonds is 3. The first-order chi connectivity index (χ1) is 8.06. The molecule has 2 rings (SSSR count). The number of hydrogen-bond donors (Lipinski definition) is 2. The number of nitrogens with one attached hydrogen (secondary N) is 1. The van der Waals surface area contributed by atoms with Gasteiger partial charge in [-0.1, -0.05) is 0 Å². The van der Waals surface area contributed by atoms with E-state index < -0.39 is 0 Å². The Bertz CT molecular complexity index is 502. The normalized spacial score (nSPS) is 12.4. The van der Waals surface area contributed by atoms with Gasteiger partial charge in [0, 0.05) is 24.5 Å². The van der Waals surface area contributed by atoms with Gasteiger partial charge >= 0.3 is 0 Å². The Morgan fingerprint density at radius 3 is 2.47 bits per heavy atom. The first-order valence-corrected chi connectivity index (χ1v) is 5.62. The Balaban J connectivity index is 2.14. The number of aromatic nitrogens is 2. The van der Waals surface area contributed by atoms with Crippen LogP contribution in [0, 0.1) is 6.92 Å². The molecule has 1 unspecified atom stereocenters. The van der Waals surface area contributed by atoms with E-state index in [9.17, 15) is 5.11 Å². The lowest BCUT2D eigenvalue weighted by Gasteiger charge is -2.14. The van der Waals surface area contributed by atoms with Crippen molar-refractivity contribution in [2.24, 2.45) is 7.05 Å². The van der Waals surface area contributed by atoms with Crippen molar-refractivity contribution in [3.8, 4) is 5.75 Å². The van der Waals surface area contributed by atoms with E-state index in [1.54, 1.807) is 12.1 Å². The number of aromatic hydroxyl groups is 1. The standard InChI is InChI=1S/C13H17N3O/c1-9(13-8-16(3)15-10(13)2)14-11-4-6-12(17)7-5-11/h4-9,14,17H,1-3H3. The van der Waals surface area contributed by atoms with Crippen molar-refractivity contribution in [2.45, 2.75) is 19.9 Å². The second kappa shape index (κ2) is 4.49. The van der Waals surface area contributed by atoms with Gasteiger partial charge in [0.15, 0.2) is 0 Å². The molecule has 0 fully saturated rings. The van der Waals surface area contributed by atoms with Crippen LogP contribution in [-0.4, -0.2) is 14.9 Å². The molecule has 2 N–H and O–H groups in total. The maximum atomic E-state index is 9.21. The van der Waals surface area contributed by atoms with E-state index in [0.29, 0.717) is 0 Å². The van der Waals surface area contributed by atoms with Crippen molar-refractivity contribution in [1.82, 2.24) is 9.78 Å². The molecule has 0 spiro atoms. The highest BCUT2D eigenvalue weighted by Gasteiger charge is 2.11. The molecule has 0 aliphatic carbocycles. The number of hydrogen-bond acceptors (Lipinski definition) is 3. The second-order valence-corrected chi connectivity index (χ2v) is 4.26. The van der Waals surface area contributed by atoms with Gasteiger partial charge in [0.1, 0.15) is 5.75 Å². The highest BCUT2D eigenvalue weighted by molar-refractivity contribution is 5.47. The fourth-order valence-corrected chi connectivity index (χ4v) is 1.93. The Morgan fingerprint density at radius 2 is 1.94 bits per heavy atom. The van der Waals surface area contributed by atoms with E-state index in [4.69, 9.17) is 0 Å². The molecule has 0 amide bonds. The number of nitrogens with zero attached hydrogens (tertiary/aromatic N) is 2. The van der Waals surface area contributed by atoms with Gasteiger partial charge in [0.2, 0.25) is 0 Å². The van der Waals surface area contributed by atoms with Crippen molar-refractivity contribution in [3.05, 3.63) is 41.7 Å². The van der Waals surface area contributed by atoms with Gasteiger partial charge in [0.25, 0.3) is 0 Å². The molecule has 17 heavy (non-hydrogen) atoms. The molecule has 90 valence electrons. The molecule has 1 atom stereocenters. The third-order valence-electron chi connectivity index (χ3n) is 2.77. The summed E-state index contributed by atoms with van der Waals surface area (Å²) < 4.78 is 1.82. The second-order valence-electron chi connectivity index (χ2n) is 4.26. The first-order valence-electron chi connectivity index (χ1n) is 5.62. The number of benzene rings is 1. The molecule has 0 bridgehead atoms. The van der Waals surface area contributed by atoms with Crippen molar-refractivity contribution < 1.29 is 5.11 Å². The van der Waals surface area contributed by atoms with Crippen LogP contribution < -0.4 is 5.32 Å². The summed E-state index contributed by atoms with van der Waals surface area (Å²) in [5, 5.41) is 16.9. The van der Waals surface area contributed by atoms with E-state index in [1.807, 2.05) is 37.0 Å². The van der Waals surface area contributed by atoms with Crippen LogP contribution in [-0.2, 0) is 7.05 Å². The predicted molar refractivity (Wildman–Crippen MR) is 68.1 cm³/mol. The quantitative estimate of drug-likeness (QED) is 0.798. The Kier molecular flexibility index (Phi) is 3.04. The van der Waals surface area contributed by atoms with Crippen molar-refractivity contribution >= 4 is 5.69 Å². The molecule has 4 heteroatoms. The maximum absolute atomic E-state index is 9.21. The molecule has 0 saturated heterocycles. The average Bonchev–Trinajstić information content (AvgIpc) is 2.61. The molecule has 1 heterocycles. The van der Waals surface area contributed by atoms with Crippen LogP contribution in [0.3, 0.4) is 0 Å². The number of phenolic OH excluding ortho intramolecular Hbond substituents is 1. The molecule has 0 aliphatic rings. The minimum Gasteiger partial charge on any atom is -0.508 e. The minimum atomic E-state index is 0.188. The number of anilines is 1. The molecule has 0 radical (unpaired) electrons. The van der Waals surface area contributed by atoms with Crippen LogP contribution in [0.5, 0.6) is 5.75 Å². The largest absolute Gasteiger partial charge is 0.508 e. The highest BCUT2D eigenvalue weighted by Crippen LogP contribution is 2.22. The highest BCUT2D eigenvalue weighted by atomic mass is 16.3. The summed E-state index contributed by atoms with van der Waals surface area (Å²) in [5.74, 6) is 0.278. The summed E-state index contributed by atoms with van der Waals surface area (Å²) >= 11 is 0. The fourth-order valence-electron chi connectivity index (χ4n) is 1.93. The Morgan fingerprint density at radius 1 is 1.29 bits per heavy atom. The summed E-state index contributed by atoms with van der Waals surface area (Å²) in [5.41, 5.74) is 3.20. The minimum absolute atomic E-state index is 0.188. The van der Waals surface area contributed by atoms with E-state index in [-0.39, 0.29) is 11.8 Å². The summed E-state index contributed by atoms with van der Waals surface area (Å²) in [6.45, 7) is 4.10. The molecule has 0 saturated carbocycles. The van der Waals surface area contributed by atoms with E-state index in [1.165, 1.54) is 5.56 Å². The van der Waals surface area contributed by atoms with Crippen molar-refractivity contribution in [3.63, 3.8) is 0 Å². The molecular weight excluding hydrogens is 214 g/mol. The van der Waals surface area contributed by atoms with Gasteiger partial charge < -0.3 is 10.4 Å². The number of aryl methyl sites for hydroxylation is 2. The van der Waals surface area contributed by atoms with Gasteiger partial charge in [-0.25, -0.2) is 0 Å². The van der Waals surface area contributed by atoms with Crippen LogP contribution in [0.15, 0.2) is 30.5 Å². The molecule has 0 aliphatic heterocycles. The van der Waals surface area contributed by atoms with Crippen LogP contribution in [0.25, 0.3) is 0 Å². The first kappa shape index (κ1) is 11.5. The molecule has 1 aromatic carbocycles. The summed E-state index contributed by atoms with van der Waals surface area (Å²) in [4.78, 5) is 0. The Hall–Kier alpha value is -1.97. The van der Waals surface area contributed by atoms with E-state index >= 15 is 0 Å². The fraction of sp³-hybridized carbons (Fsp3) is 0.308. The van der Waals surface area contributed by atoms with Crippen LogP contribution in [0.1, 0.15) is 24.2 Å². The van der Waals surface area contributed by atoms with Crippen molar-refractivity contribution in [1.29, 1.82) is 0 Å². The van der Waals surface area contributed by atoms with Crippen LogP contribution in [0.2, 0.25) is 0 Å². The van der Waals surface area contributed by atoms with Gasteiger partial charge in [-0.2, -0.15) is 5.10 Å². The molecule has 4 nitrogen and oxygen atoms in total. The third-order valence-corrected chi connectivity index (χ3v) is 2.77. The maximum Gasteiger partial charge on any atom is 0.115 e. The zero-order chi connectivity index (χ0) is 12.4. The zero-order valence-corrected chi connectivity index (χ0v) is 10.3. The van der Waals surface area contributed by atoms with E-state index in [2.05, 4.69) is 17.3 Å². The average molecular weight is 231 g/mol. The predicted octanol–water partition coefficient (Wildman–Crippen LogP) is 2.61. The lowest BCUT2D eigenvalue weighted by Crippen LogP contribution is -2.06. The van der Waals surface area contributed by atoms with Crippen LogP contribution in [0.4, 0.5) is 5.69 Å². The Labute approximate surface area is 101 Å². The topological polar surface area (TPSA) is 50.1 Å². The lowest BCUT2D eigenvalue weighted by molar-refractivity contribution is 0.475. The van der Waals surface area contributed by atoms with Gasteiger partial charge in [-0.15, -0.1) is 0 Å². The third kappa shape index (κ3) is 2.58. The van der Waals surface area contributed by atoms with Gasteiger partial charge in [-0.3, -0.25) is 4.68 Å². The smallest absolute Gasteiger partial charge is 0.115 e. The SMILES string of the molecule is Cc1nn(C)cc1C(C)Nc1ccc(O)cc1. The molecule has 1 aromatic heterocycles. The van der Waals surface area contributed by atoms with Gasteiger partial charge in [0.05, 0.1) is 11.7 Å². The lowest BCUT2D eigenvalue weighted by atomic mass is 10.1. The number of phenols is 1. The summed E-state index contributed by atoms with van der Waals surface area (Å²) in [7, 11) is 1.92. The van der Waals surface area contributed by atoms with Crippen LogP contribution >= 0.6 is 0 Å². The molecular formula is C13H17N3O. The zero-order valence-electron chi connectivity index (χ0n) is 10.3. The summed E-state index contributed by atoms with van der Waals surface area (Å²) in [6.07, 6.45) is 2.02. The van der Waals surface area contributed by atoms with Crippen molar-refractivity contribution in [2.75, 3.05) is 5.32 Å². The monoisotopic (exact) mass is 231 g/mol. The molecule has 2 aromatic rings. The van der Waals surface area contributed by atoms with Gasteiger partial charge in [-0.05, 0) is 38.1 Å².